The summed E-state index contributed by atoms with van der Waals surface area (Å²) in [5, 5.41) is 3.54. The van der Waals surface area contributed by atoms with Crippen molar-refractivity contribution in [1.29, 1.82) is 0 Å². The molecule has 1 N–H and O–H groups in total. The van der Waals surface area contributed by atoms with Gasteiger partial charge in [0.2, 0.25) is 0 Å². The fraction of sp³-hybridized carbons (Fsp3) is 0.429. The summed E-state index contributed by atoms with van der Waals surface area (Å²) in [4.78, 5) is 2.58. The topological polar surface area (TPSA) is 24.5 Å². The lowest BCUT2D eigenvalue weighted by Gasteiger charge is -2.19. The van der Waals surface area contributed by atoms with Crippen molar-refractivity contribution >= 4 is 0 Å². The standard InChI is InChI=1S/C21H28N2O/c1-2-23(20-10-11-20)15-14-22-16-18-8-12-21(13-9-18)24-17-19-6-4-3-5-7-19/h3-9,12-13,20,22H,2,10-11,14-17H2,1H3. The Morgan fingerprint density at radius 1 is 1.00 bits per heavy atom. The first kappa shape index (κ1) is 17.0. The smallest absolute Gasteiger partial charge is 0.119 e. The molecule has 1 saturated carbocycles. The summed E-state index contributed by atoms with van der Waals surface area (Å²) in [6.45, 7) is 7.16. The van der Waals surface area contributed by atoms with E-state index in [1.807, 2.05) is 18.2 Å². The number of likely N-dealkylation sites (N-methyl/N-ethyl adjacent to an activating group) is 1. The highest BCUT2D eigenvalue weighted by Crippen LogP contribution is 2.25. The largest absolute Gasteiger partial charge is 0.489 e. The zero-order valence-corrected chi connectivity index (χ0v) is 14.6. The Balaban J connectivity index is 1.36. The lowest BCUT2D eigenvalue weighted by Crippen LogP contribution is -2.33. The third kappa shape index (κ3) is 5.36. The van der Waals surface area contributed by atoms with Crippen molar-refractivity contribution in [2.75, 3.05) is 19.6 Å². The monoisotopic (exact) mass is 324 g/mol. The van der Waals surface area contributed by atoms with E-state index in [0.29, 0.717) is 6.61 Å². The molecule has 2 aromatic rings. The van der Waals surface area contributed by atoms with Crippen LogP contribution in [0, 0.1) is 0 Å². The van der Waals surface area contributed by atoms with Crippen LogP contribution in [-0.4, -0.2) is 30.6 Å². The van der Waals surface area contributed by atoms with Crippen LogP contribution in [0.1, 0.15) is 30.9 Å². The summed E-state index contributed by atoms with van der Waals surface area (Å²) in [5.41, 5.74) is 2.50. The van der Waals surface area contributed by atoms with Crippen LogP contribution in [-0.2, 0) is 13.2 Å². The maximum Gasteiger partial charge on any atom is 0.119 e. The van der Waals surface area contributed by atoms with E-state index in [0.717, 1.165) is 31.4 Å². The van der Waals surface area contributed by atoms with Crippen LogP contribution in [0.3, 0.4) is 0 Å². The summed E-state index contributed by atoms with van der Waals surface area (Å²) < 4.78 is 5.82. The first-order valence-electron chi connectivity index (χ1n) is 9.05. The third-order valence-corrected chi connectivity index (χ3v) is 4.55. The minimum Gasteiger partial charge on any atom is -0.489 e. The zero-order valence-electron chi connectivity index (χ0n) is 14.6. The molecule has 0 aliphatic heterocycles. The van der Waals surface area contributed by atoms with Gasteiger partial charge in [-0.3, -0.25) is 4.90 Å². The van der Waals surface area contributed by atoms with E-state index < -0.39 is 0 Å². The molecule has 0 bridgehead atoms. The van der Waals surface area contributed by atoms with Crippen molar-refractivity contribution < 1.29 is 4.74 Å². The summed E-state index contributed by atoms with van der Waals surface area (Å²) >= 11 is 0. The zero-order chi connectivity index (χ0) is 16.6. The Labute approximate surface area is 145 Å². The van der Waals surface area contributed by atoms with Crippen LogP contribution in [0.4, 0.5) is 0 Å². The van der Waals surface area contributed by atoms with Crippen molar-refractivity contribution in [2.45, 2.75) is 39.0 Å². The normalized spacial score (nSPS) is 14.1. The van der Waals surface area contributed by atoms with Crippen LogP contribution in [0.15, 0.2) is 54.6 Å². The fourth-order valence-corrected chi connectivity index (χ4v) is 2.94. The van der Waals surface area contributed by atoms with E-state index in [2.05, 4.69) is 53.5 Å². The lowest BCUT2D eigenvalue weighted by molar-refractivity contribution is 0.277. The van der Waals surface area contributed by atoms with Gasteiger partial charge < -0.3 is 10.1 Å². The van der Waals surface area contributed by atoms with E-state index in [1.54, 1.807) is 0 Å². The molecular weight excluding hydrogens is 296 g/mol. The highest BCUT2D eigenvalue weighted by atomic mass is 16.5. The van der Waals surface area contributed by atoms with E-state index in [1.165, 1.54) is 30.5 Å². The van der Waals surface area contributed by atoms with E-state index >= 15 is 0 Å². The first-order valence-corrected chi connectivity index (χ1v) is 9.05. The highest BCUT2D eigenvalue weighted by molar-refractivity contribution is 5.27. The van der Waals surface area contributed by atoms with Gasteiger partial charge in [0.15, 0.2) is 0 Å². The van der Waals surface area contributed by atoms with Gasteiger partial charge in [0, 0.05) is 25.7 Å². The number of hydrogen-bond acceptors (Lipinski definition) is 3. The minimum absolute atomic E-state index is 0.618. The second-order valence-electron chi connectivity index (χ2n) is 6.45. The molecule has 0 saturated heterocycles. The maximum atomic E-state index is 5.82. The Morgan fingerprint density at radius 2 is 1.75 bits per heavy atom. The summed E-state index contributed by atoms with van der Waals surface area (Å²) in [6.07, 6.45) is 2.77. The lowest BCUT2D eigenvalue weighted by atomic mass is 10.2. The molecular formula is C21H28N2O. The van der Waals surface area contributed by atoms with Gasteiger partial charge in [0.25, 0.3) is 0 Å². The van der Waals surface area contributed by atoms with Crippen LogP contribution < -0.4 is 10.1 Å². The molecule has 0 unspecified atom stereocenters. The van der Waals surface area contributed by atoms with Gasteiger partial charge in [-0.2, -0.15) is 0 Å². The highest BCUT2D eigenvalue weighted by Gasteiger charge is 2.26. The van der Waals surface area contributed by atoms with Crippen LogP contribution in [0.5, 0.6) is 5.75 Å². The van der Waals surface area contributed by atoms with Crippen molar-refractivity contribution in [3.05, 3.63) is 65.7 Å². The molecule has 3 rings (SSSR count). The molecule has 0 aromatic heterocycles. The average molecular weight is 324 g/mol. The Bertz CT molecular complexity index is 593. The number of rotatable bonds is 10. The summed E-state index contributed by atoms with van der Waals surface area (Å²) in [6, 6.07) is 19.5. The van der Waals surface area contributed by atoms with Crippen molar-refractivity contribution in [3.63, 3.8) is 0 Å². The van der Waals surface area contributed by atoms with E-state index in [-0.39, 0.29) is 0 Å². The van der Waals surface area contributed by atoms with E-state index in [9.17, 15) is 0 Å². The first-order chi connectivity index (χ1) is 11.8. The molecule has 128 valence electrons. The Hall–Kier alpha value is -1.84. The SMILES string of the molecule is CCN(CCNCc1ccc(OCc2ccccc2)cc1)C1CC1. The molecule has 0 radical (unpaired) electrons. The molecule has 1 aliphatic rings. The fourth-order valence-electron chi connectivity index (χ4n) is 2.94. The molecule has 1 fully saturated rings. The predicted molar refractivity (Wildman–Crippen MR) is 99.2 cm³/mol. The number of ether oxygens (including phenoxy) is 1. The predicted octanol–water partition coefficient (Wildman–Crippen LogP) is 3.84. The number of hydrogen-bond donors (Lipinski definition) is 1. The maximum absolute atomic E-state index is 5.82. The molecule has 0 amide bonds. The van der Waals surface area contributed by atoms with Crippen molar-refractivity contribution in [2.24, 2.45) is 0 Å². The quantitative estimate of drug-likeness (QED) is 0.672. The van der Waals surface area contributed by atoms with Crippen LogP contribution >= 0.6 is 0 Å². The molecule has 0 spiro atoms. The summed E-state index contributed by atoms with van der Waals surface area (Å²) in [5.74, 6) is 0.925. The van der Waals surface area contributed by atoms with Gasteiger partial charge in [0.05, 0.1) is 0 Å². The van der Waals surface area contributed by atoms with Gasteiger partial charge in [-0.05, 0) is 42.6 Å². The average Bonchev–Trinajstić information content (AvgIpc) is 3.47. The molecule has 2 aromatic carbocycles. The third-order valence-electron chi connectivity index (χ3n) is 4.55. The molecule has 24 heavy (non-hydrogen) atoms. The molecule has 0 heterocycles. The van der Waals surface area contributed by atoms with Gasteiger partial charge in [-0.25, -0.2) is 0 Å². The van der Waals surface area contributed by atoms with Crippen molar-refractivity contribution in [3.8, 4) is 5.75 Å². The van der Waals surface area contributed by atoms with Crippen molar-refractivity contribution in [1.82, 2.24) is 10.2 Å². The van der Waals surface area contributed by atoms with Crippen LogP contribution in [0.25, 0.3) is 0 Å². The number of nitrogens with one attached hydrogen (secondary N) is 1. The van der Waals surface area contributed by atoms with Gasteiger partial charge in [-0.15, -0.1) is 0 Å². The van der Waals surface area contributed by atoms with E-state index in [4.69, 9.17) is 4.74 Å². The molecule has 3 heteroatoms. The molecule has 1 aliphatic carbocycles. The van der Waals surface area contributed by atoms with Gasteiger partial charge in [0.1, 0.15) is 12.4 Å². The molecule has 3 nitrogen and oxygen atoms in total. The minimum atomic E-state index is 0.618. The second-order valence-corrected chi connectivity index (χ2v) is 6.45. The Morgan fingerprint density at radius 3 is 2.42 bits per heavy atom. The van der Waals surface area contributed by atoms with Gasteiger partial charge >= 0.3 is 0 Å². The van der Waals surface area contributed by atoms with Crippen LogP contribution in [0.2, 0.25) is 0 Å². The number of nitrogens with zero attached hydrogens (tertiary/aromatic N) is 1. The molecule has 0 atom stereocenters. The summed E-state index contributed by atoms with van der Waals surface area (Å²) in [7, 11) is 0. The Kier molecular flexibility index (Phi) is 6.27. The number of benzene rings is 2. The van der Waals surface area contributed by atoms with Gasteiger partial charge in [-0.1, -0.05) is 49.4 Å². The second kappa shape index (κ2) is 8.86.